The molecule has 1 aromatic carbocycles. The third-order valence-electron chi connectivity index (χ3n) is 3.84. The van der Waals surface area contributed by atoms with Gasteiger partial charge >= 0.3 is 0 Å². The first-order valence-electron chi connectivity index (χ1n) is 6.94. The molecular weight excluding hydrogens is 242 g/mol. The highest BCUT2D eigenvalue weighted by atomic mass is 16.5. The largest absolute Gasteiger partial charge is 0.490 e. The average Bonchev–Trinajstić information content (AvgIpc) is 2.86. The lowest BCUT2D eigenvalue weighted by molar-refractivity contribution is 0.167. The molecule has 0 aromatic heterocycles. The van der Waals surface area contributed by atoms with E-state index in [1.165, 1.54) is 0 Å². The second kappa shape index (κ2) is 4.69. The predicted molar refractivity (Wildman–Crippen MR) is 72.9 cm³/mol. The summed E-state index contributed by atoms with van der Waals surface area (Å²) in [6, 6.07) is 2.09. The molecule has 1 aromatic rings. The fourth-order valence-electron chi connectivity index (χ4n) is 3.11. The maximum Gasteiger partial charge on any atom is 0.129 e. The average molecular weight is 263 g/mol. The van der Waals surface area contributed by atoms with Crippen LogP contribution in [0.2, 0.25) is 0 Å². The van der Waals surface area contributed by atoms with Gasteiger partial charge in [-0.3, -0.25) is 0 Å². The Kier molecular flexibility index (Phi) is 3.15. The Hall–Kier alpha value is -1.26. The molecule has 0 saturated heterocycles. The van der Waals surface area contributed by atoms with Crippen LogP contribution in [0.3, 0.4) is 0 Å². The molecule has 0 radical (unpaired) electrons. The summed E-state index contributed by atoms with van der Waals surface area (Å²) in [5.41, 5.74) is 3.20. The lowest BCUT2D eigenvalue weighted by Gasteiger charge is -2.18. The van der Waals surface area contributed by atoms with E-state index in [0.717, 1.165) is 41.0 Å². The van der Waals surface area contributed by atoms with Crippen LogP contribution in [0.1, 0.15) is 36.6 Å². The third-order valence-corrected chi connectivity index (χ3v) is 3.84. The van der Waals surface area contributed by atoms with E-state index in [4.69, 9.17) is 9.47 Å². The van der Waals surface area contributed by atoms with E-state index in [1.54, 1.807) is 0 Å². The van der Waals surface area contributed by atoms with Gasteiger partial charge in [-0.05, 0) is 27.0 Å². The number of hydrogen-bond acceptors (Lipinski definition) is 4. The summed E-state index contributed by atoms with van der Waals surface area (Å²) in [5, 5.41) is 13.4. The molecule has 0 amide bonds. The number of aliphatic hydroxyl groups is 1. The van der Waals surface area contributed by atoms with Crippen molar-refractivity contribution in [1.29, 1.82) is 0 Å². The molecule has 104 valence electrons. The highest BCUT2D eigenvalue weighted by Crippen LogP contribution is 2.45. The van der Waals surface area contributed by atoms with E-state index in [-0.39, 0.29) is 12.2 Å². The van der Waals surface area contributed by atoms with Crippen LogP contribution >= 0.6 is 0 Å². The Morgan fingerprint density at radius 2 is 2.05 bits per heavy atom. The van der Waals surface area contributed by atoms with Gasteiger partial charge in [-0.25, -0.2) is 0 Å². The first-order valence-corrected chi connectivity index (χ1v) is 6.94. The van der Waals surface area contributed by atoms with Crippen molar-refractivity contribution in [3.8, 4) is 11.5 Å². The van der Waals surface area contributed by atoms with Gasteiger partial charge in [-0.15, -0.1) is 0 Å². The van der Waals surface area contributed by atoms with Crippen molar-refractivity contribution in [2.24, 2.45) is 0 Å². The number of ether oxygens (including phenoxy) is 2. The normalized spacial score (nSPS) is 25.5. The second-order valence-corrected chi connectivity index (χ2v) is 5.59. The number of fused-ring (bicyclic) bond motifs is 2. The van der Waals surface area contributed by atoms with Crippen LogP contribution in [0.25, 0.3) is 0 Å². The molecule has 3 atom stereocenters. The van der Waals surface area contributed by atoms with Crippen molar-refractivity contribution in [2.75, 3.05) is 13.6 Å². The van der Waals surface area contributed by atoms with Crippen molar-refractivity contribution in [3.63, 3.8) is 0 Å². The Morgan fingerprint density at radius 3 is 2.79 bits per heavy atom. The second-order valence-electron chi connectivity index (χ2n) is 5.59. The fraction of sp³-hybridized carbons (Fsp3) is 0.600. The predicted octanol–water partition coefficient (Wildman–Crippen LogP) is 1.59. The van der Waals surface area contributed by atoms with Crippen molar-refractivity contribution in [2.45, 2.75) is 45.0 Å². The maximum atomic E-state index is 10.4. The third kappa shape index (κ3) is 2.09. The van der Waals surface area contributed by atoms with E-state index in [0.29, 0.717) is 6.54 Å². The molecule has 2 aliphatic rings. The lowest BCUT2D eigenvalue weighted by atomic mass is 9.94. The Bertz CT molecular complexity index is 464. The van der Waals surface area contributed by atoms with Gasteiger partial charge in [0.05, 0.1) is 6.10 Å². The highest BCUT2D eigenvalue weighted by Gasteiger charge is 2.33. The molecule has 19 heavy (non-hydrogen) atoms. The molecule has 0 aliphatic carbocycles. The molecule has 3 rings (SSSR count). The summed E-state index contributed by atoms with van der Waals surface area (Å²) in [6.07, 6.45) is 1.54. The van der Waals surface area contributed by atoms with Crippen molar-refractivity contribution in [3.05, 3.63) is 22.8 Å². The van der Waals surface area contributed by atoms with Gasteiger partial charge in [0.25, 0.3) is 0 Å². The molecule has 0 spiro atoms. The van der Waals surface area contributed by atoms with Crippen LogP contribution in [-0.4, -0.2) is 30.9 Å². The SMILES string of the molecule is CNCC(O)c1c2c(cc3c1OC(C)C3)OC(C)C2. The van der Waals surface area contributed by atoms with Crippen LogP contribution in [0.15, 0.2) is 6.07 Å². The molecule has 2 aliphatic heterocycles. The van der Waals surface area contributed by atoms with Gasteiger partial charge in [-0.2, -0.15) is 0 Å². The van der Waals surface area contributed by atoms with E-state index in [9.17, 15) is 5.11 Å². The zero-order valence-corrected chi connectivity index (χ0v) is 11.7. The zero-order valence-electron chi connectivity index (χ0n) is 11.7. The fourth-order valence-corrected chi connectivity index (χ4v) is 3.11. The summed E-state index contributed by atoms with van der Waals surface area (Å²) >= 11 is 0. The molecule has 0 saturated carbocycles. The topological polar surface area (TPSA) is 50.7 Å². The van der Waals surface area contributed by atoms with Gasteiger partial charge in [0.15, 0.2) is 0 Å². The molecule has 2 heterocycles. The van der Waals surface area contributed by atoms with Gasteiger partial charge < -0.3 is 19.9 Å². The van der Waals surface area contributed by atoms with Gasteiger partial charge in [0.2, 0.25) is 0 Å². The van der Waals surface area contributed by atoms with Gasteiger partial charge in [-0.1, -0.05) is 0 Å². The standard InChI is InChI=1S/C15H21NO3/c1-8-4-10-6-13-11(5-9(2)18-13)14(15(10)19-8)12(17)7-16-3/h6,8-9,12,16-17H,4-5,7H2,1-3H3. The maximum absolute atomic E-state index is 10.4. The van der Waals surface area contributed by atoms with Crippen molar-refractivity contribution >= 4 is 0 Å². The van der Waals surface area contributed by atoms with Crippen LogP contribution in [0.4, 0.5) is 0 Å². The first-order chi connectivity index (χ1) is 9.10. The molecular formula is C15H21NO3. The minimum atomic E-state index is -0.548. The van der Waals surface area contributed by atoms with Crippen LogP contribution in [0.5, 0.6) is 11.5 Å². The summed E-state index contributed by atoms with van der Waals surface area (Å²) in [6.45, 7) is 4.64. The first kappa shape index (κ1) is 12.8. The lowest BCUT2D eigenvalue weighted by Crippen LogP contribution is -2.19. The van der Waals surface area contributed by atoms with E-state index in [2.05, 4.69) is 25.2 Å². The summed E-state index contributed by atoms with van der Waals surface area (Å²) < 4.78 is 11.8. The Labute approximate surface area is 113 Å². The number of likely N-dealkylation sites (N-methyl/N-ethyl adjacent to an activating group) is 1. The van der Waals surface area contributed by atoms with E-state index < -0.39 is 6.10 Å². The monoisotopic (exact) mass is 263 g/mol. The van der Waals surface area contributed by atoms with Crippen LogP contribution in [0, 0.1) is 0 Å². The summed E-state index contributed by atoms with van der Waals surface area (Å²) in [7, 11) is 1.84. The molecule has 3 unspecified atom stereocenters. The summed E-state index contributed by atoms with van der Waals surface area (Å²) in [4.78, 5) is 0. The van der Waals surface area contributed by atoms with Crippen molar-refractivity contribution < 1.29 is 14.6 Å². The van der Waals surface area contributed by atoms with E-state index in [1.807, 2.05) is 7.05 Å². The number of aliphatic hydroxyl groups excluding tert-OH is 1. The van der Waals surface area contributed by atoms with Gasteiger partial charge in [0, 0.05) is 36.1 Å². The molecule has 2 N–H and O–H groups in total. The Balaban J connectivity index is 2.10. The van der Waals surface area contributed by atoms with Gasteiger partial charge in [0.1, 0.15) is 23.7 Å². The molecule has 0 bridgehead atoms. The Morgan fingerprint density at radius 1 is 1.32 bits per heavy atom. The number of rotatable bonds is 3. The smallest absolute Gasteiger partial charge is 0.129 e. The molecule has 0 fully saturated rings. The van der Waals surface area contributed by atoms with Crippen molar-refractivity contribution in [1.82, 2.24) is 5.32 Å². The number of benzene rings is 1. The number of nitrogens with one attached hydrogen (secondary N) is 1. The number of hydrogen-bond donors (Lipinski definition) is 2. The molecule has 4 nitrogen and oxygen atoms in total. The van der Waals surface area contributed by atoms with Crippen LogP contribution < -0.4 is 14.8 Å². The van der Waals surface area contributed by atoms with Crippen LogP contribution in [-0.2, 0) is 12.8 Å². The molecule has 4 heteroatoms. The highest BCUT2D eigenvalue weighted by molar-refractivity contribution is 5.58. The minimum Gasteiger partial charge on any atom is -0.490 e. The summed E-state index contributed by atoms with van der Waals surface area (Å²) in [5.74, 6) is 1.81. The van der Waals surface area contributed by atoms with E-state index >= 15 is 0 Å². The minimum absolute atomic E-state index is 0.176. The quantitative estimate of drug-likeness (QED) is 0.869. The zero-order chi connectivity index (χ0) is 13.6.